The van der Waals surface area contributed by atoms with Crippen LogP contribution in [0.1, 0.15) is 7.43 Å². The standard InChI is InChI=1S/C5H2F10O4S2.C3H2F6O4S2.C2F4NO4S2.CH4.F2NO4S2/c6-2(7,8)4(12,13)20(16,17)1-21(18,19)5(14,15)3(9,10)11;4-2(5,6)14(10,11)1-15(12,13)3(7,8)9;3-1(4)2(5,6)13(10,11)7-12(1,8)9;;1-8(4,5)3-9(2,6)7/h1H2;1H2;;1H4;/q;;-1;;-1. The molecule has 48 heteroatoms. The van der Waals surface area contributed by atoms with E-state index in [1.807, 2.05) is 0 Å². The monoisotopic (exact) mass is 1100 g/mol. The van der Waals surface area contributed by atoms with E-state index in [1.54, 1.807) is 0 Å². The Morgan fingerprint density at radius 1 is 0.424 bits per heavy atom. The molecule has 0 saturated carbocycles. The van der Waals surface area contributed by atoms with Crippen molar-refractivity contribution in [2.75, 3.05) is 10.2 Å². The van der Waals surface area contributed by atoms with Gasteiger partial charge in [-0.25, -0.2) is 67.3 Å². The molecule has 0 spiro atoms. The summed E-state index contributed by atoms with van der Waals surface area (Å²) >= 11 is 0. The second-order valence-electron chi connectivity index (χ2n) is 8.57. The smallest absolute Gasteiger partial charge is 0.425 e. The van der Waals surface area contributed by atoms with Crippen LogP contribution in [0, 0.1) is 0 Å². The molecule has 0 aromatic carbocycles. The average molecular weight is 1100 g/mol. The molecular formula is C11H8F22N2O16S8-2. The maximum absolute atomic E-state index is 12.4. The van der Waals surface area contributed by atoms with Crippen molar-refractivity contribution >= 4 is 80.2 Å². The first-order chi connectivity index (χ1) is 24.1. The molecule has 0 aromatic rings. The summed E-state index contributed by atoms with van der Waals surface area (Å²) in [6, 6.07) is 0. The number of hydrogen-bond acceptors (Lipinski definition) is 16. The van der Waals surface area contributed by atoms with E-state index >= 15 is 0 Å². The fourth-order valence-corrected chi connectivity index (χ4v) is 11.8. The molecule has 1 rings (SSSR count). The van der Waals surface area contributed by atoms with Gasteiger partial charge in [-0.1, -0.05) is 7.43 Å². The van der Waals surface area contributed by atoms with E-state index in [0.29, 0.717) is 0 Å². The zero-order valence-electron chi connectivity index (χ0n) is 24.4. The van der Waals surface area contributed by atoms with Gasteiger partial charge in [-0.15, -0.1) is 7.77 Å². The van der Waals surface area contributed by atoms with Crippen molar-refractivity contribution in [3.05, 3.63) is 8.25 Å². The van der Waals surface area contributed by atoms with Crippen LogP contribution >= 0.6 is 0 Å². The second kappa shape index (κ2) is 17.6. The second-order valence-corrected chi connectivity index (χ2v) is 23.1. The summed E-state index contributed by atoms with van der Waals surface area (Å²) in [7, 11) is -50.4. The Balaban J connectivity index is -0.000000354. The van der Waals surface area contributed by atoms with E-state index in [9.17, 15) is 163 Å². The minimum Gasteiger partial charge on any atom is -0.425 e. The van der Waals surface area contributed by atoms with Gasteiger partial charge in [-0.3, -0.25) is 0 Å². The lowest BCUT2D eigenvalue weighted by Gasteiger charge is -2.23. The van der Waals surface area contributed by atoms with E-state index in [-0.39, 0.29) is 7.43 Å². The number of nitrogens with zero attached hydrogens (tertiary/aromatic N) is 2. The SMILES string of the molecule is C.O=S(=O)(CS(=O)(=O)C(F)(F)C(F)(F)F)C(F)(F)C(F)(F)F.O=S(=O)(CS(=O)(=O)C(F)(F)F)C(F)(F)F.O=S(=O)(F)[N-]S(=O)(=O)F.O=S1(=O)[N-]S(=O)(=O)C(F)(F)C1(F)F. The minimum absolute atomic E-state index is 0. The molecule has 0 aromatic heterocycles. The molecule has 59 heavy (non-hydrogen) atoms. The van der Waals surface area contributed by atoms with Crippen molar-refractivity contribution in [1.29, 1.82) is 0 Å². The number of rotatable bonds is 8. The zero-order valence-corrected chi connectivity index (χ0v) is 31.0. The molecule has 18 nitrogen and oxygen atoms in total. The van der Waals surface area contributed by atoms with Gasteiger partial charge in [-0.2, -0.15) is 87.8 Å². The first-order valence-corrected chi connectivity index (χ1v) is 22.8. The number of sulfonamides is 2. The van der Waals surface area contributed by atoms with Crippen LogP contribution in [0.25, 0.3) is 8.25 Å². The summed E-state index contributed by atoms with van der Waals surface area (Å²) in [5, 5.41) is -31.8. The molecule has 1 aliphatic rings. The van der Waals surface area contributed by atoms with Crippen molar-refractivity contribution in [2.24, 2.45) is 0 Å². The van der Waals surface area contributed by atoms with Crippen LogP contribution < -0.4 is 0 Å². The Hall–Kier alpha value is -2.02. The van der Waals surface area contributed by atoms with E-state index < -0.39 is 135 Å². The van der Waals surface area contributed by atoms with Crippen LogP contribution in [-0.2, 0) is 80.2 Å². The van der Waals surface area contributed by atoms with Gasteiger partial charge in [0.05, 0.1) is 0 Å². The topological polar surface area (TPSA) is 301 Å². The molecule has 1 saturated heterocycles. The highest BCUT2D eigenvalue weighted by molar-refractivity contribution is 8.16. The van der Waals surface area contributed by atoms with E-state index in [0.717, 1.165) is 4.13 Å². The molecule has 0 unspecified atom stereocenters. The van der Waals surface area contributed by atoms with Gasteiger partial charge in [-0.05, 0) is 0 Å². The first-order valence-electron chi connectivity index (χ1n) is 10.6. The molecule has 0 aliphatic carbocycles. The van der Waals surface area contributed by atoms with Gasteiger partial charge in [0.25, 0.3) is 19.7 Å². The van der Waals surface area contributed by atoms with Gasteiger partial charge in [0.15, 0.2) is 30.2 Å². The highest BCUT2D eigenvalue weighted by atomic mass is 32.3. The van der Waals surface area contributed by atoms with Crippen molar-refractivity contribution in [3.63, 3.8) is 0 Å². The Morgan fingerprint density at radius 2 is 0.610 bits per heavy atom. The van der Waals surface area contributed by atoms with Crippen molar-refractivity contribution < 1.29 is 163 Å². The number of sulfone groups is 4. The summed E-state index contributed by atoms with van der Waals surface area (Å²) in [5.41, 5.74) is -12.1. The molecule has 1 aliphatic heterocycles. The van der Waals surface area contributed by atoms with E-state index in [2.05, 4.69) is 0 Å². The van der Waals surface area contributed by atoms with Gasteiger partial charge in [0, 0.05) is 0 Å². The van der Waals surface area contributed by atoms with Crippen LogP contribution in [-0.4, -0.2) is 122 Å². The quantitative estimate of drug-likeness (QED) is 0.248. The van der Waals surface area contributed by atoms with Gasteiger partial charge >= 0.3 is 44.4 Å². The molecular weight excluding hydrogens is 1090 g/mol. The summed E-state index contributed by atoms with van der Waals surface area (Å²) in [4.78, 5) is 0. The maximum Gasteiger partial charge on any atom is 0.498 e. The molecule has 1 heterocycles. The summed E-state index contributed by atoms with van der Waals surface area (Å²) < 4.78 is 422. The molecule has 1 fully saturated rings. The van der Waals surface area contributed by atoms with Crippen LogP contribution in [0.4, 0.5) is 95.6 Å². The fraction of sp³-hybridized carbons (Fsp3) is 1.00. The largest absolute Gasteiger partial charge is 0.498 e. The van der Waals surface area contributed by atoms with Crippen LogP contribution in [0.15, 0.2) is 0 Å². The molecule has 0 bridgehead atoms. The molecule has 0 atom stereocenters. The summed E-state index contributed by atoms with van der Waals surface area (Å²) in [6.45, 7) is 0. The molecule has 0 amide bonds. The van der Waals surface area contributed by atoms with E-state index in [1.165, 1.54) is 4.13 Å². The minimum atomic E-state index is -7.24. The van der Waals surface area contributed by atoms with Crippen molar-refractivity contribution in [3.8, 4) is 0 Å². The zero-order chi connectivity index (χ0) is 48.8. The van der Waals surface area contributed by atoms with E-state index in [4.69, 9.17) is 0 Å². The summed E-state index contributed by atoms with van der Waals surface area (Å²) in [5.74, 6) is 0. The Labute approximate surface area is 312 Å². The highest BCUT2D eigenvalue weighted by Gasteiger charge is 2.74. The number of hydrogen-bond donors (Lipinski definition) is 0. The predicted molar refractivity (Wildman–Crippen MR) is 141 cm³/mol. The van der Waals surface area contributed by atoms with Crippen LogP contribution in [0.3, 0.4) is 0 Å². The van der Waals surface area contributed by atoms with Gasteiger partial charge < -0.3 is 8.25 Å². The number of alkyl halides is 20. The highest BCUT2D eigenvalue weighted by Crippen LogP contribution is 2.53. The molecule has 0 radical (unpaired) electrons. The lowest BCUT2D eigenvalue weighted by atomic mass is 10.7. The predicted octanol–water partition coefficient (Wildman–Crippen LogP) is 3.54. The van der Waals surface area contributed by atoms with Crippen molar-refractivity contribution in [1.82, 2.24) is 0 Å². The number of halogens is 22. The normalized spacial score (nSPS) is 18.9. The van der Waals surface area contributed by atoms with Gasteiger partial charge in [0.1, 0.15) is 0 Å². The molecule has 362 valence electrons. The Bertz CT molecular complexity index is 2250. The third-order valence-electron chi connectivity index (χ3n) is 4.13. The lowest BCUT2D eigenvalue weighted by molar-refractivity contribution is -0.242. The van der Waals surface area contributed by atoms with Crippen molar-refractivity contribution in [2.45, 2.75) is 51.8 Å². The first kappa shape index (κ1) is 63.6. The average Bonchev–Trinajstić information content (AvgIpc) is 2.90. The van der Waals surface area contributed by atoms with Crippen LogP contribution in [0.2, 0.25) is 0 Å². The fourth-order valence-electron chi connectivity index (χ4n) is 1.67. The molecule has 0 N–H and O–H groups in total. The summed E-state index contributed by atoms with van der Waals surface area (Å²) in [6.07, 6.45) is -13.8. The maximum atomic E-state index is 12.4. The van der Waals surface area contributed by atoms with Crippen LogP contribution in [0.5, 0.6) is 0 Å². The van der Waals surface area contributed by atoms with Gasteiger partial charge in [0.2, 0.25) is 40.5 Å². The Morgan fingerprint density at radius 3 is 0.712 bits per heavy atom. The lowest BCUT2D eigenvalue weighted by Crippen LogP contribution is -2.51. The Kier molecular flexibility index (Phi) is 19.0. The third kappa shape index (κ3) is 15.4. The third-order valence-corrected chi connectivity index (χ3v) is 17.5.